The van der Waals surface area contributed by atoms with Crippen molar-refractivity contribution in [2.45, 2.75) is 13.5 Å². The number of benzene rings is 1. The van der Waals surface area contributed by atoms with Crippen molar-refractivity contribution < 1.29 is 9.72 Å². The van der Waals surface area contributed by atoms with Gasteiger partial charge in [0.2, 0.25) is 5.13 Å². The minimum Gasteiger partial charge on any atom is -0.324 e. The van der Waals surface area contributed by atoms with Gasteiger partial charge in [0.05, 0.1) is 4.92 Å². The summed E-state index contributed by atoms with van der Waals surface area (Å²) in [6.07, 6.45) is 0. The molecule has 20 heavy (non-hydrogen) atoms. The summed E-state index contributed by atoms with van der Waals surface area (Å²) in [6, 6.07) is 4.27. The van der Waals surface area contributed by atoms with E-state index in [2.05, 4.69) is 15.5 Å². The Labute approximate surface area is 117 Å². The van der Waals surface area contributed by atoms with Crippen LogP contribution in [0.25, 0.3) is 0 Å². The lowest BCUT2D eigenvalue weighted by atomic mass is 10.1. The van der Waals surface area contributed by atoms with E-state index >= 15 is 0 Å². The highest BCUT2D eigenvalue weighted by Crippen LogP contribution is 2.21. The number of aromatic nitrogens is 2. The van der Waals surface area contributed by atoms with Gasteiger partial charge in [-0.3, -0.25) is 20.2 Å². The first kappa shape index (κ1) is 14.0. The summed E-state index contributed by atoms with van der Waals surface area (Å²) >= 11 is 1.16. The van der Waals surface area contributed by atoms with Gasteiger partial charge in [-0.15, -0.1) is 10.2 Å². The highest BCUT2D eigenvalue weighted by Gasteiger charge is 2.16. The lowest BCUT2D eigenvalue weighted by Crippen LogP contribution is -2.12. The minimum absolute atomic E-state index is 0.0995. The van der Waals surface area contributed by atoms with Crippen molar-refractivity contribution in [1.82, 2.24) is 10.2 Å². The molecule has 1 aromatic heterocycles. The van der Waals surface area contributed by atoms with E-state index in [1.165, 1.54) is 18.2 Å². The molecule has 0 bridgehead atoms. The van der Waals surface area contributed by atoms with Crippen LogP contribution in [0.4, 0.5) is 10.8 Å². The number of nitrogens with two attached hydrogens (primary N) is 1. The molecule has 0 saturated carbocycles. The minimum atomic E-state index is -0.524. The molecule has 2 aromatic rings. The molecule has 9 heteroatoms. The Bertz CT molecular complexity index is 670. The van der Waals surface area contributed by atoms with E-state index in [1.807, 2.05) is 0 Å². The SMILES string of the molecule is Cc1ccc(C(=O)Nc2nnc(CN)s2)cc1[N+](=O)[O-]. The predicted molar refractivity (Wildman–Crippen MR) is 73.6 cm³/mol. The van der Waals surface area contributed by atoms with Gasteiger partial charge in [-0.1, -0.05) is 17.4 Å². The van der Waals surface area contributed by atoms with Gasteiger partial charge in [0.1, 0.15) is 5.01 Å². The number of aryl methyl sites for hydroxylation is 1. The van der Waals surface area contributed by atoms with E-state index in [1.54, 1.807) is 6.92 Å². The highest BCUT2D eigenvalue weighted by atomic mass is 32.1. The van der Waals surface area contributed by atoms with Gasteiger partial charge in [0.25, 0.3) is 11.6 Å². The number of hydrogen-bond acceptors (Lipinski definition) is 7. The summed E-state index contributed by atoms with van der Waals surface area (Å²) in [7, 11) is 0. The summed E-state index contributed by atoms with van der Waals surface area (Å²) in [6.45, 7) is 1.85. The van der Waals surface area contributed by atoms with E-state index in [0.29, 0.717) is 15.7 Å². The maximum Gasteiger partial charge on any atom is 0.273 e. The molecule has 1 heterocycles. The molecule has 104 valence electrons. The number of nitro benzene ring substituents is 1. The quantitative estimate of drug-likeness (QED) is 0.649. The Morgan fingerprint density at radius 3 is 2.85 bits per heavy atom. The number of nitrogens with zero attached hydrogens (tertiary/aromatic N) is 3. The van der Waals surface area contributed by atoms with Gasteiger partial charge >= 0.3 is 0 Å². The number of rotatable bonds is 4. The Kier molecular flexibility index (Phi) is 4.01. The summed E-state index contributed by atoms with van der Waals surface area (Å²) < 4.78 is 0. The monoisotopic (exact) mass is 293 g/mol. The molecule has 0 unspecified atom stereocenters. The fraction of sp³-hybridized carbons (Fsp3) is 0.182. The molecule has 1 amide bonds. The maximum atomic E-state index is 12.0. The molecule has 0 radical (unpaired) electrons. The third-order valence-corrected chi connectivity index (χ3v) is 3.39. The molecule has 0 aliphatic heterocycles. The molecule has 0 aliphatic carbocycles. The van der Waals surface area contributed by atoms with Gasteiger partial charge in [0.15, 0.2) is 0 Å². The number of amides is 1. The van der Waals surface area contributed by atoms with E-state index in [0.717, 1.165) is 11.3 Å². The molecule has 3 N–H and O–H groups in total. The standard InChI is InChI=1S/C11H11N5O3S/c1-6-2-3-7(4-8(6)16(18)19)10(17)13-11-15-14-9(5-12)20-11/h2-4H,5,12H2,1H3,(H,13,15,17). The van der Waals surface area contributed by atoms with Crippen molar-refractivity contribution in [2.75, 3.05) is 5.32 Å². The van der Waals surface area contributed by atoms with Crippen molar-refractivity contribution in [3.05, 3.63) is 44.4 Å². The number of carbonyl (C=O) groups excluding carboxylic acids is 1. The molecular formula is C11H11N5O3S. The first-order valence-electron chi connectivity index (χ1n) is 5.60. The molecule has 2 rings (SSSR count). The molecule has 0 spiro atoms. The van der Waals surface area contributed by atoms with E-state index in [9.17, 15) is 14.9 Å². The van der Waals surface area contributed by atoms with Gasteiger partial charge in [0, 0.05) is 23.7 Å². The van der Waals surface area contributed by atoms with Gasteiger partial charge in [-0.25, -0.2) is 0 Å². The van der Waals surface area contributed by atoms with Crippen molar-refractivity contribution in [1.29, 1.82) is 0 Å². The number of nitrogens with one attached hydrogen (secondary N) is 1. The summed E-state index contributed by atoms with van der Waals surface area (Å²) in [5, 5.41) is 21.8. The van der Waals surface area contributed by atoms with Crippen molar-refractivity contribution in [3.63, 3.8) is 0 Å². The summed E-state index contributed by atoms with van der Waals surface area (Å²) in [4.78, 5) is 22.3. The van der Waals surface area contributed by atoms with E-state index in [4.69, 9.17) is 5.73 Å². The maximum absolute atomic E-state index is 12.0. The Balaban J connectivity index is 2.21. The van der Waals surface area contributed by atoms with Crippen LogP contribution in [0.2, 0.25) is 0 Å². The number of hydrogen-bond donors (Lipinski definition) is 2. The average molecular weight is 293 g/mol. The first-order valence-corrected chi connectivity index (χ1v) is 6.41. The van der Waals surface area contributed by atoms with Gasteiger partial charge < -0.3 is 5.73 Å². The Hall–Kier alpha value is -2.39. The fourth-order valence-corrected chi connectivity index (χ4v) is 2.12. The zero-order valence-corrected chi connectivity index (χ0v) is 11.3. The zero-order valence-electron chi connectivity index (χ0n) is 10.5. The topological polar surface area (TPSA) is 124 Å². The van der Waals surface area contributed by atoms with Gasteiger partial charge in [-0.05, 0) is 13.0 Å². The average Bonchev–Trinajstić information content (AvgIpc) is 2.86. The molecular weight excluding hydrogens is 282 g/mol. The van der Waals surface area contributed by atoms with Crippen LogP contribution in [0.15, 0.2) is 18.2 Å². The second-order valence-electron chi connectivity index (χ2n) is 3.92. The lowest BCUT2D eigenvalue weighted by Gasteiger charge is -2.02. The Morgan fingerprint density at radius 1 is 1.50 bits per heavy atom. The van der Waals surface area contributed by atoms with Gasteiger partial charge in [-0.2, -0.15) is 0 Å². The lowest BCUT2D eigenvalue weighted by molar-refractivity contribution is -0.385. The molecule has 0 aliphatic rings. The third-order valence-electron chi connectivity index (χ3n) is 2.53. The molecule has 0 atom stereocenters. The zero-order chi connectivity index (χ0) is 14.7. The second kappa shape index (κ2) is 5.72. The van der Waals surface area contributed by atoms with E-state index in [-0.39, 0.29) is 17.8 Å². The van der Waals surface area contributed by atoms with Crippen LogP contribution in [0.1, 0.15) is 20.9 Å². The van der Waals surface area contributed by atoms with Crippen LogP contribution in [0.5, 0.6) is 0 Å². The fourth-order valence-electron chi connectivity index (χ4n) is 1.50. The normalized spacial score (nSPS) is 10.3. The van der Waals surface area contributed by atoms with Crippen molar-refractivity contribution in [2.24, 2.45) is 5.73 Å². The van der Waals surface area contributed by atoms with E-state index < -0.39 is 10.8 Å². The summed E-state index contributed by atoms with van der Waals surface area (Å²) in [5.41, 5.74) is 5.98. The smallest absolute Gasteiger partial charge is 0.273 e. The number of carbonyl (C=O) groups is 1. The largest absolute Gasteiger partial charge is 0.324 e. The van der Waals surface area contributed by atoms with Crippen molar-refractivity contribution >= 4 is 28.1 Å². The van der Waals surface area contributed by atoms with Crippen LogP contribution in [-0.2, 0) is 6.54 Å². The van der Waals surface area contributed by atoms with Crippen LogP contribution in [0.3, 0.4) is 0 Å². The summed E-state index contributed by atoms with van der Waals surface area (Å²) in [5.74, 6) is -0.479. The van der Waals surface area contributed by atoms with Crippen LogP contribution in [-0.4, -0.2) is 21.0 Å². The van der Waals surface area contributed by atoms with Crippen LogP contribution in [0, 0.1) is 17.0 Å². The molecule has 0 fully saturated rings. The third kappa shape index (κ3) is 2.95. The Morgan fingerprint density at radius 2 is 2.25 bits per heavy atom. The molecule has 1 aromatic carbocycles. The number of anilines is 1. The second-order valence-corrected chi connectivity index (χ2v) is 4.98. The van der Waals surface area contributed by atoms with Crippen LogP contribution >= 0.6 is 11.3 Å². The first-order chi connectivity index (χ1) is 9.51. The number of nitro groups is 1. The highest BCUT2D eigenvalue weighted by molar-refractivity contribution is 7.15. The predicted octanol–water partition coefficient (Wildman–Crippen LogP) is 1.47. The molecule has 8 nitrogen and oxygen atoms in total. The molecule has 0 saturated heterocycles. The van der Waals surface area contributed by atoms with Crippen LogP contribution < -0.4 is 11.1 Å². The van der Waals surface area contributed by atoms with Crippen molar-refractivity contribution in [3.8, 4) is 0 Å².